The standard InChI is InChI=1S/C12H23N5S/c1-3-13-11(8-10-4-6-18-7-5-10)9-12-14-16-17(2)15-12/h10-11,13H,3-9H2,1-2H3. The van der Waals surface area contributed by atoms with E-state index in [-0.39, 0.29) is 0 Å². The highest BCUT2D eigenvalue weighted by Crippen LogP contribution is 2.26. The second-order valence-electron chi connectivity index (χ2n) is 4.95. The maximum Gasteiger partial charge on any atom is 0.176 e. The zero-order chi connectivity index (χ0) is 12.8. The number of likely N-dealkylation sites (N-methyl/N-ethyl adjacent to an activating group) is 1. The molecule has 18 heavy (non-hydrogen) atoms. The second kappa shape index (κ2) is 7.09. The van der Waals surface area contributed by atoms with Crippen molar-refractivity contribution >= 4 is 11.8 Å². The monoisotopic (exact) mass is 269 g/mol. The van der Waals surface area contributed by atoms with Gasteiger partial charge in [-0.2, -0.15) is 16.6 Å². The van der Waals surface area contributed by atoms with Gasteiger partial charge in [0.15, 0.2) is 5.82 Å². The van der Waals surface area contributed by atoms with Crippen molar-refractivity contribution in [2.75, 3.05) is 18.1 Å². The molecule has 0 spiro atoms. The Morgan fingerprint density at radius 2 is 2.22 bits per heavy atom. The van der Waals surface area contributed by atoms with Gasteiger partial charge in [0.25, 0.3) is 0 Å². The fraction of sp³-hybridized carbons (Fsp3) is 0.917. The van der Waals surface area contributed by atoms with Crippen LogP contribution in [0.3, 0.4) is 0 Å². The third kappa shape index (κ3) is 4.24. The number of tetrazole rings is 1. The zero-order valence-corrected chi connectivity index (χ0v) is 12.1. The molecule has 1 fully saturated rings. The van der Waals surface area contributed by atoms with Crippen LogP contribution in [0.2, 0.25) is 0 Å². The van der Waals surface area contributed by atoms with Crippen LogP contribution in [0.4, 0.5) is 0 Å². The van der Waals surface area contributed by atoms with E-state index < -0.39 is 0 Å². The van der Waals surface area contributed by atoms with Gasteiger partial charge in [0.05, 0.1) is 7.05 Å². The van der Waals surface area contributed by atoms with Crippen LogP contribution in [-0.2, 0) is 13.5 Å². The minimum absolute atomic E-state index is 0.493. The maximum absolute atomic E-state index is 4.28. The molecule has 5 nitrogen and oxygen atoms in total. The van der Waals surface area contributed by atoms with Crippen molar-refractivity contribution in [2.24, 2.45) is 13.0 Å². The molecule has 1 unspecified atom stereocenters. The summed E-state index contributed by atoms with van der Waals surface area (Å²) in [7, 11) is 1.82. The first-order valence-electron chi connectivity index (χ1n) is 6.82. The highest BCUT2D eigenvalue weighted by molar-refractivity contribution is 7.99. The van der Waals surface area contributed by atoms with E-state index in [9.17, 15) is 0 Å². The summed E-state index contributed by atoms with van der Waals surface area (Å²) in [5.41, 5.74) is 0. The van der Waals surface area contributed by atoms with Gasteiger partial charge in [-0.05, 0) is 48.4 Å². The third-order valence-corrected chi connectivity index (χ3v) is 4.48. The SMILES string of the molecule is CCNC(Cc1nnn(C)n1)CC1CCSCC1. The number of nitrogens with zero attached hydrogens (tertiary/aromatic N) is 4. The van der Waals surface area contributed by atoms with E-state index in [1.54, 1.807) is 0 Å². The van der Waals surface area contributed by atoms with E-state index in [2.05, 4.69) is 39.4 Å². The molecule has 1 atom stereocenters. The van der Waals surface area contributed by atoms with Crippen LogP contribution in [0, 0.1) is 5.92 Å². The van der Waals surface area contributed by atoms with Crippen molar-refractivity contribution in [3.05, 3.63) is 5.82 Å². The molecule has 1 aromatic rings. The summed E-state index contributed by atoms with van der Waals surface area (Å²) in [4.78, 5) is 1.54. The molecule has 0 saturated carbocycles. The minimum atomic E-state index is 0.493. The van der Waals surface area contributed by atoms with Crippen LogP contribution < -0.4 is 5.32 Å². The van der Waals surface area contributed by atoms with Gasteiger partial charge in [0.2, 0.25) is 0 Å². The molecular formula is C12H23N5S. The number of aromatic nitrogens is 4. The molecule has 6 heteroatoms. The van der Waals surface area contributed by atoms with Crippen molar-refractivity contribution in [1.29, 1.82) is 0 Å². The predicted molar refractivity (Wildman–Crippen MR) is 74.6 cm³/mol. The summed E-state index contributed by atoms with van der Waals surface area (Å²) in [5, 5.41) is 15.8. The van der Waals surface area contributed by atoms with Crippen molar-refractivity contribution in [1.82, 2.24) is 25.5 Å². The maximum atomic E-state index is 4.28. The van der Waals surface area contributed by atoms with Gasteiger partial charge in [-0.25, -0.2) is 0 Å². The Hall–Kier alpha value is -0.620. The first-order valence-corrected chi connectivity index (χ1v) is 7.97. The molecular weight excluding hydrogens is 246 g/mol. The molecule has 1 aliphatic heterocycles. The highest BCUT2D eigenvalue weighted by atomic mass is 32.2. The highest BCUT2D eigenvalue weighted by Gasteiger charge is 2.20. The lowest BCUT2D eigenvalue weighted by atomic mass is 9.92. The fourth-order valence-corrected chi connectivity index (χ4v) is 3.74. The Bertz CT molecular complexity index is 348. The lowest BCUT2D eigenvalue weighted by Crippen LogP contribution is -2.34. The summed E-state index contributed by atoms with van der Waals surface area (Å²) >= 11 is 2.09. The smallest absolute Gasteiger partial charge is 0.176 e. The second-order valence-corrected chi connectivity index (χ2v) is 6.17. The van der Waals surface area contributed by atoms with Crippen LogP contribution in [0.1, 0.15) is 32.0 Å². The van der Waals surface area contributed by atoms with E-state index in [0.29, 0.717) is 6.04 Å². The molecule has 1 aliphatic rings. The van der Waals surface area contributed by atoms with Crippen LogP contribution in [-0.4, -0.2) is 44.3 Å². The Morgan fingerprint density at radius 1 is 1.44 bits per heavy atom. The summed E-state index contributed by atoms with van der Waals surface area (Å²) in [6, 6.07) is 0.493. The Labute approximate surface area is 113 Å². The van der Waals surface area contributed by atoms with Gasteiger partial charge in [-0.1, -0.05) is 6.92 Å². The van der Waals surface area contributed by atoms with Gasteiger partial charge in [0, 0.05) is 12.5 Å². The number of hydrogen-bond acceptors (Lipinski definition) is 5. The molecule has 0 bridgehead atoms. The molecule has 1 N–H and O–H groups in total. The Balaban J connectivity index is 1.86. The molecule has 0 aliphatic carbocycles. The zero-order valence-electron chi connectivity index (χ0n) is 11.3. The van der Waals surface area contributed by atoms with Crippen LogP contribution >= 0.6 is 11.8 Å². The van der Waals surface area contributed by atoms with E-state index in [1.807, 2.05) is 7.05 Å². The van der Waals surface area contributed by atoms with Gasteiger partial charge < -0.3 is 5.32 Å². The van der Waals surface area contributed by atoms with Gasteiger partial charge >= 0.3 is 0 Å². The van der Waals surface area contributed by atoms with Crippen LogP contribution in [0.25, 0.3) is 0 Å². The topological polar surface area (TPSA) is 55.6 Å². The average molecular weight is 269 g/mol. The van der Waals surface area contributed by atoms with Gasteiger partial charge in [0.1, 0.15) is 0 Å². The summed E-state index contributed by atoms with van der Waals surface area (Å²) in [5.74, 6) is 4.38. The third-order valence-electron chi connectivity index (χ3n) is 3.43. The Morgan fingerprint density at radius 3 is 2.83 bits per heavy atom. The molecule has 2 rings (SSSR count). The minimum Gasteiger partial charge on any atom is -0.314 e. The summed E-state index contributed by atoms with van der Waals surface area (Å²) in [6.45, 7) is 3.17. The lowest BCUT2D eigenvalue weighted by Gasteiger charge is -2.26. The average Bonchev–Trinajstić information content (AvgIpc) is 2.76. The predicted octanol–water partition coefficient (Wildman–Crippen LogP) is 1.26. The van der Waals surface area contributed by atoms with Crippen molar-refractivity contribution in [3.63, 3.8) is 0 Å². The summed E-state index contributed by atoms with van der Waals surface area (Å²) < 4.78 is 0. The van der Waals surface area contributed by atoms with Crippen LogP contribution in [0.15, 0.2) is 0 Å². The fourth-order valence-electron chi connectivity index (χ4n) is 2.54. The van der Waals surface area contributed by atoms with E-state index in [0.717, 1.165) is 24.7 Å². The number of nitrogens with one attached hydrogen (secondary N) is 1. The van der Waals surface area contributed by atoms with Crippen molar-refractivity contribution < 1.29 is 0 Å². The molecule has 0 radical (unpaired) electrons. The number of thioether (sulfide) groups is 1. The first-order chi connectivity index (χ1) is 8.78. The number of hydrogen-bond donors (Lipinski definition) is 1. The summed E-state index contributed by atoms with van der Waals surface area (Å²) in [6.07, 6.45) is 4.86. The molecule has 1 saturated heterocycles. The first kappa shape index (κ1) is 13.8. The van der Waals surface area contributed by atoms with Gasteiger partial charge in [-0.3, -0.25) is 0 Å². The van der Waals surface area contributed by atoms with Crippen molar-refractivity contribution in [3.8, 4) is 0 Å². The van der Waals surface area contributed by atoms with E-state index in [4.69, 9.17) is 0 Å². The van der Waals surface area contributed by atoms with E-state index >= 15 is 0 Å². The quantitative estimate of drug-likeness (QED) is 0.842. The number of rotatable bonds is 6. The van der Waals surface area contributed by atoms with Crippen LogP contribution in [0.5, 0.6) is 0 Å². The largest absolute Gasteiger partial charge is 0.314 e. The number of aryl methyl sites for hydroxylation is 1. The lowest BCUT2D eigenvalue weighted by molar-refractivity contribution is 0.363. The molecule has 1 aromatic heterocycles. The van der Waals surface area contributed by atoms with Crippen molar-refractivity contribution in [2.45, 2.75) is 38.6 Å². The van der Waals surface area contributed by atoms with Gasteiger partial charge in [-0.15, -0.1) is 10.2 Å². The Kier molecular flexibility index (Phi) is 5.44. The molecule has 102 valence electrons. The molecule has 0 aromatic carbocycles. The van der Waals surface area contributed by atoms with E-state index in [1.165, 1.54) is 35.6 Å². The molecule has 0 amide bonds. The normalized spacial score (nSPS) is 19.0. The molecule has 2 heterocycles.